The van der Waals surface area contributed by atoms with Crippen LogP contribution in [0.1, 0.15) is 12.1 Å². The molecule has 2 heterocycles. The zero-order valence-corrected chi connectivity index (χ0v) is 17.7. The molecule has 1 aliphatic heterocycles. The van der Waals surface area contributed by atoms with Gasteiger partial charge in [-0.2, -0.15) is 0 Å². The highest BCUT2D eigenvalue weighted by molar-refractivity contribution is 7.91. The number of hydrogen-bond acceptors (Lipinski definition) is 8. The van der Waals surface area contributed by atoms with Crippen LogP contribution < -0.4 is 19.5 Å². The van der Waals surface area contributed by atoms with E-state index in [1.165, 1.54) is 13.2 Å². The largest absolute Gasteiger partial charge is 0.495 e. The molecule has 2 aromatic carbocycles. The monoisotopic (exact) mass is 444 g/mol. The maximum absolute atomic E-state index is 13.0. The number of sulfone groups is 1. The summed E-state index contributed by atoms with van der Waals surface area (Å²) in [6.07, 6.45) is -0.231. The summed E-state index contributed by atoms with van der Waals surface area (Å²) in [7, 11) is -2.43. The maximum atomic E-state index is 13.0. The Morgan fingerprint density at radius 3 is 2.68 bits per heavy atom. The number of nitrogens with one attached hydrogen (secondary N) is 1. The van der Waals surface area contributed by atoms with Gasteiger partial charge in [0.1, 0.15) is 10.6 Å². The van der Waals surface area contributed by atoms with Gasteiger partial charge in [0.25, 0.3) is 0 Å². The normalized spacial score (nSPS) is 12.6. The minimum atomic E-state index is -3.82. The van der Waals surface area contributed by atoms with Crippen LogP contribution in [0.5, 0.6) is 17.2 Å². The number of amides is 1. The van der Waals surface area contributed by atoms with Gasteiger partial charge >= 0.3 is 0 Å². The molecule has 1 aromatic heterocycles. The number of hydrogen-bond donors (Lipinski definition) is 1. The summed E-state index contributed by atoms with van der Waals surface area (Å²) in [5.41, 5.74) is 1.71. The van der Waals surface area contributed by atoms with Crippen molar-refractivity contribution in [1.82, 2.24) is 5.16 Å². The molecule has 10 heteroatoms. The number of methoxy groups -OCH3 is 1. The molecule has 0 saturated heterocycles. The van der Waals surface area contributed by atoms with Gasteiger partial charge in [-0.05, 0) is 37.3 Å². The summed E-state index contributed by atoms with van der Waals surface area (Å²) < 4.78 is 46.9. The van der Waals surface area contributed by atoms with Crippen LogP contribution in [0, 0.1) is 6.92 Å². The molecule has 0 saturated carbocycles. The topological polar surface area (TPSA) is 117 Å². The highest BCUT2D eigenvalue weighted by Gasteiger charge is 2.23. The molecular weight excluding hydrogens is 424 g/mol. The first-order chi connectivity index (χ1) is 14.9. The van der Waals surface area contributed by atoms with Gasteiger partial charge in [0.2, 0.25) is 12.7 Å². The molecule has 3 aromatic rings. The third kappa shape index (κ3) is 4.48. The molecule has 1 N–H and O–H groups in total. The highest BCUT2D eigenvalue weighted by atomic mass is 32.2. The maximum Gasteiger partial charge on any atom is 0.231 e. The standard InChI is InChI=1S/C21H20N2O7S/c1-13-9-18(30-23-13)14-3-5-17(27-2)20(10-14)31(25,26)8-7-21(24)22-15-4-6-16-19(11-15)29-12-28-16/h3-6,9-11H,7-8,12H2,1-2H3,(H,22,24). The summed E-state index contributed by atoms with van der Waals surface area (Å²) in [5, 5.41) is 6.49. The zero-order chi connectivity index (χ0) is 22.0. The molecule has 0 radical (unpaired) electrons. The number of aromatic nitrogens is 1. The second-order valence-electron chi connectivity index (χ2n) is 6.88. The van der Waals surface area contributed by atoms with Gasteiger partial charge in [-0.1, -0.05) is 5.16 Å². The lowest BCUT2D eigenvalue weighted by Crippen LogP contribution is -2.18. The number of nitrogens with zero attached hydrogens (tertiary/aromatic N) is 1. The molecule has 0 atom stereocenters. The minimum Gasteiger partial charge on any atom is -0.495 e. The molecule has 1 amide bonds. The van der Waals surface area contributed by atoms with E-state index in [1.807, 2.05) is 0 Å². The van der Waals surface area contributed by atoms with Crippen molar-refractivity contribution in [2.75, 3.05) is 25.0 Å². The Hall–Kier alpha value is -3.53. The second kappa shape index (κ2) is 8.31. The first-order valence-corrected chi connectivity index (χ1v) is 11.0. The zero-order valence-electron chi connectivity index (χ0n) is 16.9. The molecule has 162 valence electrons. The van der Waals surface area contributed by atoms with Crippen LogP contribution >= 0.6 is 0 Å². The lowest BCUT2D eigenvalue weighted by Gasteiger charge is -2.11. The molecule has 0 spiro atoms. The molecule has 31 heavy (non-hydrogen) atoms. The third-order valence-corrected chi connectivity index (χ3v) is 6.40. The van der Waals surface area contributed by atoms with Crippen LogP contribution in [-0.4, -0.2) is 39.1 Å². The average Bonchev–Trinajstić information content (AvgIpc) is 3.40. The Balaban J connectivity index is 1.48. The molecule has 4 rings (SSSR count). The van der Waals surface area contributed by atoms with E-state index in [0.717, 1.165) is 0 Å². The summed E-state index contributed by atoms with van der Waals surface area (Å²) in [6, 6.07) is 11.4. The minimum absolute atomic E-state index is 0.0163. The quantitative estimate of drug-likeness (QED) is 0.590. The Morgan fingerprint density at radius 1 is 1.13 bits per heavy atom. The molecule has 1 aliphatic rings. The Bertz CT molecular complexity index is 1230. The fourth-order valence-electron chi connectivity index (χ4n) is 3.11. The molecule has 9 nitrogen and oxygen atoms in total. The van der Waals surface area contributed by atoms with Gasteiger partial charge in [0.05, 0.1) is 18.6 Å². The second-order valence-corrected chi connectivity index (χ2v) is 8.96. The smallest absolute Gasteiger partial charge is 0.231 e. The van der Waals surface area contributed by atoms with E-state index in [1.54, 1.807) is 43.3 Å². The average molecular weight is 444 g/mol. The van der Waals surface area contributed by atoms with Crippen molar-refractivity contribution >= 4 is 21.4 Å². The third-order valence-electron chi connectivity index (χ3n) is 4.67. The van der Waals surface area contributed by atoms with Crippen molar-refractivity contribution in [2.24, 2.45) is 0 Å². The summed E-state index contributed by atoms with van der Waals surface area (Å²) in [5.74, 6) is 0.916. The van der Waals surface area contributed by atoms with Crippen molar-refractivity contribution in [3.63, 3.8) is 0 Å². The number of aryl methyl sites for hydroxylation is 1. The number of carbonyl (C=O) groups is 1. The molecular formula is C21H20N2O7S. The van der Waals surface area contributed by atoms with Crippen LogP contribution in [0.25, 0.3) is 11.3 Å². The van der Waals surface area contributed by atoms with Gasteiger partial charge in [0, 0.05) is 29.8 Å². The first kappa shape index (κ1) is 20.7. The van der Waals surface area contributed by atoms with Crippen LogP contribution in [0.2, 0.25) is 0 Å². The van der Waals surface area contributed by atoms with Gasteiger partial charge in [-0.3, -0.25) is 4.79 Å². The molecule has 0 unspecified atom stereocenters. The predicted molar refractivity (Wildman–Crippen MR) is 111 cm³/mol. The number of benzene rings is 2. The van der Waals surface area contributed by atoms with E-state index in [4.69, 9.17) is 18.7 Å². The van der Waals surface area contributed by atoms with E-state index >= 15 is 0 Å². The Kier molecular flexibility index (Phi) is 5.55. The number of rotatable bonds is 7. The van der Waals surface area contributed by atoms with E-state index < -0.39 is 21.5 Å². The van der Waals surface area contributed by atoms with Gasteiger partial charge in [-0.25, -0.2) is 8.42 Å². The van der Waals surface area contributed by atoms with Crippen molar-refractivity contribution in [2.45, 2.75) is 18.2 Å². The SMILES string of the molecule is COc1ccc(-c2cc(C)no2)cc1S(=O)(=O)CCC(=O)Nc1ccc2c(c1)OCO2. The van der Waals surface area contributed by atoms with Crippen LogP contribution in [0.4, 0.5) is 5.69 Å². The van der Waals surface area contributed by atoms with E-state index in [2.05, 4.69) is 10.5 Å². The van der Waals surface area contributed by atoms with Gasteiger partial charge in [0.15, 0.2) is 27.1 Å². The Morgan fingerprint density at radius 2 is 1.94 bits per heavy atom. The first-order valence-electron chi connectivity index (χ1n) is 9.40. The summed E-state index contributed by atoms with van der Waals surface area (Å²) in [4.78, 5) is 12.3. The molecule has 0 fully saturated rings. The van der Waals surface area contributed by atoms with Crippen molar-refractivity contribution in [3.05, 3.63) is 48.2 Å². The Labute approximate surface area is 178 Å². The van der Waals surface area contributed by atoms with E-state index in [-0.39, 0.29) is 23.9 Å². The van der Waals surface area contributed by atoms with Crippen molar-refractivity contribution in [1.29, 1.82) is 0 Å². The van der Waals surface area contributed by atoms with E-state index in [9.17, 15) is 13.2 Å². The fourth-order valence-corrected chi connectivity index (χ4v) is 4.55. The number of fused-ring (bicyclic) bond motifs is 1. The molecule has 0 aliphatic carbocycles. The highest BCUT2D eigenvalue weighted by Crippen LogP contribution is 2.34. The van der Waals surface area contributed by atoms with E-state index in [0.29, 0.717) is 34.2 Å². The van der Waals surface area contributed by atoms with Crippen LogP contribution in [-0.2, 0) is 14.6 Å². The van der Waals surface area contributed by atoms with Crippen molar-refractivity contribution in [3.8, 4) is 28.6 Å². The van der Waals surface area contributed by atoms with Crippen LogP contribution in [0.3, 0.4) is 0 Å². The van der Waals surface area contributed by atoms with Crippen LogP contribution in [0.15, 0.2) is 51.9 Å². The summed E-state index contributed by atoms with van der Waals surface area (Å²) >= 11 is 0. The van der Waals surface area contributed by atoms with Gasteiger partial charge in [-0.15, -0.1) is 0 Å². The molecule has 0 bridgehead atoms. The lowest BCUT2D eigenvalue weighted by molar-refractivity contribution is -0.115. The summed E-state index contributed by atoms with van der Waals surface area (Å²) in [6.45, 7) is 1.90. The number of carbonyl (C=O) groups excluding carboxylic acids is 1. The van der Waals surface area contributed by atoms with Gasteiger partial charge < -0.3 is 24.1 Å². The number of ether oxygens (including phenoxy) is 3. The lowest BCUT2D eigenvalue weighted by atomic mass is 10.1. The fraction of sp³-hybridized carbons (Fsp3) is 0.238. The number of anilines is 1. The predicted octanol–water partition coefficient (Wildman–Crippen LogP) is 3.19. The van der Waals surface area contributed by atoms with Crippen molar-refractivity contribution < 1.29 is 31.9 Å².